The van der Waals surface area contributed by atoms with Gasteiger partial charge in [0.2, 0.25) is 15.6 Å². The van der Waals surface area contributed by atoms with Crippen LogP contribution in [0.15, 0.2) is 28.0 Å². The third-order valence-electron chi connectivity index (χ3n) is 2.61. The second-order valence-corrected chi connectivity index (χ2v) is 6.84. The van der Waals surface area contributed by atoms with E-state index in [2.05, 4.69) is 9.71 Å². The lowest BCUT2D eigenvalue weighted by atomic mass is 10.2. The zero-order chi connectivity index (χ0) is 12.3. The van der Waals surface area contributed by atoms with Gasteiger partial charge in [-0.25, -0.2) is 13.1 Å². The summed E-state index contributed by atoms with van der Waals surface area (Å²) < 4.78 is 26.6. The molecule has 0 atom stereocenters. The van der Waals surface area contributed by atoms with Crippen molar-refractivity contribution in [2.45, 2.75) is 23.8 Å². The van der Waals surface area contributed by atoms with Gasteiger partial charge in [-0.3, -0.25) is 4.79 Å². The predicted octanol–water partition coefficient (Wildman–Crippen LogP) is 0.549. The molecule has 0 aromatic carbocycles. The molecule has 1 aliphatic rings. The summed E-state index contributed by atoms with van der Waals surface area (Å²) in [6, 6.07) is 2.54. The van der Waals surface area contributed by atoms with E-state index in [0.29, 0.717) is 0 Å². The molecule has 0 radical (unpaired) electrons. The monoisotopic (exact) mass is 274 g/mol. The van der Waals surface area contributed by atoms with Gasteiger partial charge >= 0.3 is 0 Å². The van der Waals surface area contributed by atoms with E-state index >= 15 is 0 Å². The van der Waals surface area contributed by atoms with Gasteiger partial charge in [-0.05, 0) is 30.4 Å². The Bertz CT molecular complexity index is 512. The number of aromatic amines is 1. The first-order chi connectivity index (χ1) is 8.08. The summed E-state index contributed by atoms with van der Waals surface area (Å²) in [5.41, 5.74) is -0.307. The Kier molecular flexibility index (Phi) is 3.90. The molecule has 7 heteroatoms. The van der Waals surface area contributed by atoms with Crippen molar-refractivity contribution < 1.29 is 8.42 Å². The zero-order valence-corrected chi connectivity index (χ0v) is 10.8. The van der Waals surface area contributed by atoms with Gasteiger partial charge in [-0.2, -0.15) is 11.8 Å². The third-order valence-corrected chi connectivity index (χ3v) is 5.18. The number of H-pyrrole nitrogens is 1. The summed E-state index contributed by atoms with van der Waals surface area (Å²) in [6.45, 7) is 0. The molecule has 0 saturated carbocycles. The first-order valence-corrected chi connectivity index (χ1v) is 8.00. The zero-order valence-electron chi connectivity index (χ0n) is 9.18. The SMILES string of the molecule is O=c1ccc(S(=O)(=O)NC2CCSCC2)c[nH]1. The highest BCUT2D eigenvalue weighted by molar-refractivity contribution is 7.99. The average molecular weight is 274 g/mol. The van der Waals surface area contributed by atoms with Crippen LogP contribution in [-0.4, -0.2) is 30.9 Å². The molecular weight excluding hydrogens is 260 g/mol. The molecule has 1 aromatic heterocycles. The van der Waals surface area contributed by atoms with Gasteiger partial charge in [0.25, 0.3) is 0 Å². The van der Waals surface area contributed by atoms with Crippen LogP contribution in [0.2, 0.25) is 0 Å². The van der Waals surface area contributed by atoms with Crippen molar-refractivity contribution in [3.05, 3.63) is 28.7 Å². The summed E-state index contributed by atoms with van der Waals surface area (Å²) in [5, 5.41) is 0. The summed E-state index contributed by atoms with van der Waals surface area (Å²) in [4.78, 5) is 13.3. The van der Waals surface area contributed by atoms with E-state index in [0.717, 1.165) is 24.3 Å². The van der Waals surface area contributed by atoms with Crippen molar-refractivity contribution in [2.24, 2.45) is 0 Å². The highest BCUT2D eigenvalue weighted by atomic mass is 32.2. The normalized spacial score (nSPS) is 18.1. The molecule has 1 aliphatic heterocycles. The minimum Gasteiger partial charge on any atom is -0.328 e. The fourth-order valence-electron chi connectivity index (χ4n) is 1.67. The number of hydrogen-bond acceptors (Lipinski definition) is 4. The van der Waals surface area contributed by atoms with Gasteiger partial charge in [0.1, 0.15) is 0 Å². The first kappa shape index (κ1) is 12.7. The molecule has 17 heavy (non-hydrogen) atoms. The van der Waals surface area contributed by atoms with Crippen molar-refractivity contribution in [3.8, 4) is 0 Å². The molecule has 2 rings (SSSR count). The quantitative estimate of drug-likeness (QED) is 0.843. The Hall–Kier alpha value is -0.790. The Balaban J connectivity index is 2.12. The van der Waals surface area contributed by atoms with Crippen LogP contribution in [0.4, 0.5) is 0 Å². The van der Waals surface area contributed by atoms with Crippen LogP contribution in [0, 0.1) is 0 Å². The highest BCUT2D eigenvalue weighted by Gasteiger charge is 2.21. The second kappa shape index (κ2) is 5.24. The number of nitrogens with one attached hydrogen (secondary N) is 2. The average Bonchev–Trinajstić information content (AvgIpc) is 2.30. The molecule has 0 aliphatic carbocycles. The summed E-state index contributed by atoms with van der Waals surface area (Å²) in [7, 11) is -3.51. The van der Waals surface area contributed by atoms with Gasteiger partial charge < -0.3 is 4.98 Å². The Morgan fingerprint density at radius 2 is 2.00 bits per heavy atom. The number of thioether (sulfide) groups is 1. The molecule has 0 amide bonds. The van der Waals surface area contributed by atoms with Crippen LogP contribution in [-0.2, 0) is 10.0 Å². The third kappa shape index (κ3) is 3.34. The van der Waals surface area contributed by atoms with Crippen LogP contribution in [0.5, 0.6) is 0 Å². The van der Waals surface area contributed by atoms with E-state index in [1.165, 1.54) is 18.3 Å². The molecule has 0 unspecified atom stereocenters. The van der Waals surface area contributed by atoms with E-state index in [9.17, 15) is 13.2 Å². The molecule has 94 valence electrons. The molecule has 0 bridgehead atoms. The standard InChI is InChI=1S/C10H14N2O3S2/c13-10-2-1-9(7-11-10)17(14,15)12-8-3-5-16-6-4-8/h1-2,7-8,12H,3-6H2,(H,11,13). The Morgan fingerprint density at radius 1 is 1.29 bits per heavy atom. The Morgan fingerprint density at radius 3 is 2.59 bits per heavy atom. The fraction of sp³-hybridized carbons (Fsp3) is 0.500. The van der Waals surface area contributed by atoms with Crippen LogP contribution in [0.1, 0.15) is 12.8 Å². The van der Waals surface area contributed by atoms with E-state index in [4.69, 9.17) is 0 Å². The van der Waals surface area contributed by atoms with Crippen LogP contribution < -0.4 is 10.3 Å². The van der Waals surface area contributed by atoms with Crippen LogP contribution >= 0.6 is 11.8 Å². The minimum absolute atomic E-state index is 0.00757. The van der Waals surface area contributed by atoms with Crippen molar-refractivity contribution >= 4 is 21.8 Å². The molecule has 5 nitrogen and oxygen atoms in total. The molecule has 1 fully saturated rings. The van der Waals surface area contributed by atoms with Crippen LogP contribution in [0.3, 0.4) is 0 Å². The van der Waals surface area contributed by atoms with Crippen molar-refractivity contribution in [1.82, 2.24) is 9.71 Å². The van der Waals surface area contributed by atoms with Crippen molar-refractivity contribution in [1.29, 1.82) is 0 Å². The molecular formula is C10H14N2O3S2. The lowest BCUT2D eigenvalue weighted by molar-refractivity contribution is 0.528. The maximum Gasteiger partial charge on any atom is 0.247 e. The lowest BCUT2D eigenvalue weighted by Gasteiger charge is -2.22. The molecule has 1 saturated heterocycles. The fourth-order valence-corrected chi connectivity index (χ4v) is 4.04. The van der Waals surface area contributed by atoms with Crippen molar-refractivity contribution in [2.75, 3.05) is 11.5 Å². The minimum atomic E-state index is -3.51. The number of pyridine rings is 1. The summed E-state index contributed by atoms with van der Waals surface area (Å²) in [6.07, 6.45) is 2.93. The number of hydrogen-bond donors (Lipinski definition) is 2. The van der Waals surface area contributed by atoms with E-state index in [1.807, 2.05) is 11.8 Å². The predicted molar refractivity (Wildman–Crippen MR) is 67.7 cm³/mol. The van der Waals surface area contributed by atoms with E-state index < -0.39 is 10.0 Å². The molecule has 2 heterocycles. The van der Waals surface area contributed by atoms with Gasteiger partial charge in [-0.15, -0.1) is 0 Å². The molecule has 1 aromatic rings. The maximum atomic E-state index is 12.0. The topological polar surface area (TPSA) is 79.0 Å². The Labute approximate surface area is 104 Å². The van der Waals surface area contributed by atoms with E-state index in [1.54, 1.807) is 0 Å². The second-order valence-electron chi connectivity index (χ2n) is 3.90. The highest BCUT2D eigenvalue weighted by Crippen LogP contribution is 2.18. The number of aromatic nitrogens is 1. The first-order valence-electron chi connectivity index (χ1n) is 5.37. The number of sulfonamides is 1. The van der Waals surface area contributed by atoms with E-state index in [-0.39, 0.29) is 16.5 Å². The van der Waals surface area contributed by atoms with Gasteiger partial charge in [0.05, 0.1) is 4.90 Å². The van der Waals surface area contributed by atoms with Crippen LogP contribution in [0.25, 0.3) is 0 Å². The van der Waals surface area contributed by atoms with Gasteiger partial charge in [-0.1, -0.05) is 0 Å². The number of rotatable bonds is 3. The van der Waals surface area contributed by atoms with Gasteiger partial charge in [0.15, 0.2) is 0 Å². The van der Waals surface area contributed by atoms with Crippen molar-refractivity contribution in [3.63, 3.8) is 0 Å². The molecule has 0 spiro atoms. The summed E-state index contributed by atoms with van der Waals surface area (Å²) in [5.74, 6) is 1.97. The smallest absolute Gasteiger partial charge is 0.247 e. The van der Waals surface area contributed by atoms with Gasteiger partial charge in [0, 0.05) is 18.3 Å². The maximum absolute atomic E-state index is 12.0. The largest absolute Gasteiger partial charge is 0.328 e. The molecule has 2 N–H and O–H groups in total. The lowest BCUT2D eigenvalue weighted by Crippen LogP contribution is -2.37. The summed E-state index contributed by atoms with van der Waals surface area (Å²) >= 11 is 1.84.